The zero-order chi connectivity index (χ0) is 15.2. The summed E-state index contributed by atoms with van der Waals surface area (Å²) in [6.45, 7) is 1.98. The Morgan fingerprint density at radius 3 is 2.81 bits per heavy atom. The Balaban J connectivity index is 1.82. The first kappa shape index (κ1) is 14.8. The van der Waals surface area contributed by atoms with E-state index in [1.807, 2.05) is 0 Å². The molecule has 0 aromatic heterocycles. The number of carbonyl (C=O) groups is 1. The van der Waals surface area contributed by atoms with Crippen molar-refractivity contribution in [3.8, 4) is 5.75 Å². The topological polar surface area (TPSA) is 64.3 Å². The summed E-state index contributed by atoms with van der Waals surface area (Å²) in [4.78, 5) is 11.7. The number of rotatable bonds is 5. The molecule has 0 fully saturated rings. The molecule has 0 aliphatic heterocycles. The lowest BCUT2D eigenvalue weighted by Crippen LogP contribution is -2.16. The molecule has 0 saturated heterocycles. The smallest absolute Gasteiger partial charge is 0.227 e. The van der Waals surface area contributed by atoms with Crippen molar-refractivity contribution < 1.29 is 13.9 Å². The van der Waals surface area contributed by atoms with Crippen LogP contribution in [0.2, 0.25) is 0 Å². The molecule has 0 atom stereocenters. The zero-order valence-electron chi connectivity index (χ0n) is 11.7. The summed E-state index contributed by atoms with van der Waals surface area (Å²) in [5.74, 6) is -0.147. The van der Waals surface area contributed by atoms with E-state index in [4.69, 9.17) is 10.5 Å². The number of anilines is 2. The van der Waals surface area contributed by atoms with Crippen LogP contribution in [0.15, 0.2) is 42.5 Å². The van der Waals surface area contributed by atoms with E-state index in [1.54, 1.807) is 43.3 Å². The average Bonchev–Trinajstić information content (AvgIpc) is 2.42. The van der Waals surface area contributed by atoms with E-state index in [1.165, 1.54) is 6.07 Å². The van der Waals surface area contributed by atoms with Crippen molar-refractivity contribution >= 4 is 17.3 Å². The van der Waals surface area contributed by atoms with E-state index in [9.17, 15) is 9.18 Å². The number of nitrogens with two attached hydrogens (primary N) is 1. The highest BCUT2D eigenvalue weighted by Crippen LogP contribution is 2.16. The number of benzene rings is 2. The second-order valence-corrected chi connectivity index (χ2v) is 4.70. The second-order valence-electron chi connectivity index (χ2n) is 4.70. The Morgan fingerprint density at radius 2 is 2.10 bits per heavy atom. The number of hydrogen-bond donors (Lipinski definition) is 2. The van der Waals surface area contributed by atoms with Gasteiger partial charge in [0.25, 0.3) is 0 Å². The predicted molar refractivity (Wildman–Crippen MR) is 80.7 cm³/mol. The molecule has 4 nitrogen and oxygen atoms in total. The predicted octanol–water partition coefficient (Wildman–Crippen LogP) is 3.12. The van der Waals surface area contributed by atoms with Crippen LogP contribution >= 0.6 is 0 Å². The number of aryl methyl sites for hydroxylation is 1. The maximum absolute atomic E-state index is 13.6. The molecule has 0 unspecified atom stereocenters. The summed E-state index contributed by atoms with van der Waals surface area (Å²) in [6.07, 6.45) is 0.127. The van der Waals surface area contributed by atoms with Gasteiger partial charge in [-0.05, 0) is 36.8 Å². The van der Waals surface area contributed by atoms with Gasteiger partial charge >= 0.3 is 0 Å². The molecule has 0 spiro atoms. The van der Waals surface area contributed by atoms with Crippen LogP contribution in [0.4, 0.5) is 15.8 Å². The van der Waals surface area contributed by atoms with Crippen LogP contribution in [0.5, 0.6) is 5.75 Å². The summed E-state index contributed by atoms with van der Waals surface area (Å²) in [5, 5.41) is 2.52. The molecule has 2 aromatic carbocycles. The van der Waals surface area contributed by atoms with Gasteiger partial charge in [-0.1, -0.05) is 12.1 Å². The monoisotopic (exact) mass is 288 g/mol. The van der Waals surface area contributed by atoms with Gasteiger partial charge in [0.15, 0.2) is 0 Å². The van der Waals surface area contributed by atoms with Crippen molar-refractivity contribution in [3.05, 3.63) is 53.8 Å². The first-order valence-corrected chi connectivity index (χ1v) is 6.59. The highest BCUT2D eigenvalue weighted by atomic mass is 19.1. The third-order valence-electron chi connectivity index (χ3n) is 2.85. The quantitative estimate of drug-likeness (QED) is 0.831. The Kier molecular flexibility index (Phi) is 4.77. The summed E-state index contributed by atoms with van der Waals surface area (Å²) < 4.78 is 19.0. The van der Waals surface area contributed by atoms with Crippen LogP contribution < -0.4 is 15.8 Å². The lowest BCUT2D eigenvalue weighted by atomic mass is 10.2. The van der Waals surface area contributed by atoms with Gasteiger partial charge < -0.3 is 15.8 Å². The third-order valence-corrected chi connectivity index (χ3v) is 2.85. The molecule has 0 bridgehead atoms. The number of ether oxygens (including phenoxy) is 1. The van der Waals surface area contributed by atoms with Crippen molar-refractivity contribution in [2.24, 2.45) is 0 Å². The number of amides is 1. The highest BCUT2D eigenvalue weighted by molar-refractivity contribution is 5.90. The Labute approximate surface area is 122 Å². The minimum absolute atomic E-state index is 0.127. The normalized spacial score (nSPS) is 10.2. The largest absolute Gasteiger partial charge is 0.493 e. The molecule has 1 amide bonds. The fourth-order valence-electron chi connectivity index (χ4n) is 1.80. The minimum atomic E-state index is -0.444. The van der Waals surface area contributed by atoms with Gasteiger partial charge in [0.2, 0.25) is 5.91 Å². The maximum Gasteiger partial charge on any atom is 0.227 e. The molecule has 0 radical (unpaired) electrons. The number of halogens is 1. The van der Waals surface area contributed by atoms with E-state index in [2.05, 4.69) is 5.32 Å². The second kappa shape index (κ2) is 6.74. The van der Waals surface area contributed by atoms with E-state index in [-0.39, 0.29) is 24.6 Å². The standard InChI is InChI=1S/C16H17FN2O2/c1-11-5-6-15(14(17)9-11)19-16(20)7-8-21-13-4-2-3-12(18)10-13/h2-6,9-10H,7-8,18H2,1H3,(H,19,20). The van der Waals surface area contributed by atoms with E-state index < -0.39 is 5.82 Å². The van der Waals surface area contributed by atoms with Crippen molar-refractivity contribution in [1.82, 2.24) is 0 Å². The van der Waals surface area contributed by atoms with Gasteiger partial charge in [-0.25, -0.2) is 4.39 Å². The highest BCUT2D eigenvalue weighted by Gasteiger charge is 2.07. The molecular weight excluding hydrogens is 271 g/mol. The molecule has 0 aliphatic rings. The van der Waals surface area contributed by atoms with Crippen LogP contribution in [0.25, 0.3) is 0 Å². The molecule has 0 heterocycles. The Morgan fingerprint density at radius 1 is 1.29 bits per heavy atom. The number of nitrogen functional groups attached to an aromatic ring is 1. The molecule has 3 N–H and O–H groups in total. The van der Waals surface area contributed by atoms with Crippen LogP contribution in [0.3, 0.4) is 0 Å². The lowest BCUT2D eigenvalue weighted by molar-refractivity contribution is -0.116. The molecule has 0 aliphatic carbocycles. The minimum Gasteiger partial charge on any atom is -0.493 e. The molecule has 21 heavy (non-hydrogen) atoms. The fourth-order valence-corrected chi connectivity index (χ4v) is 1.80. The van der Waals surface area contributed by atoms with E-state index in [0.717, 1.165) is 5.56 Å². The summed E-state index contributed by atoms with van der Waals surface area (Å²) in [7, 11) is 0. The molecular formula is C16H17FN2O2. The molecule has 2 aromatic rings. The van der Waals surface area contributed by atoms with Gasteiger partial charge in [0.05, 0.1) is 18.7 Å². The molecule has 2 rings (SSSR count). The van der Waals surface area contributed by atoms with Gasteiger partial charge in [-0.15, -0.1) is 0 Å². The Bertz CT molecular complexity index is 644. The van der Waals surface area contributed by atoms with Crippen molar-refractivity contribution in [1.29, 1.82) is 0 Å². The van der Waals surface area contributed by atoms with Gasteiger partial charge in [0.1, 0.15) is 11.6 Å². The first-order valence-electron chi connectivity index (χ1n) is 6.59. The number of nitrogens with one attached hydrogen (secondary N) is 1. The fraction of sp³-hybridized carbons (Fsp3) is 0.188. The van der Waals surface area contributed by atoms with Gasteiger partial charge in [-0.3, -0.25) is 4.79 Å². The Hall–Kier alpha value is -2.56. The zero-order valence-corrected chi connectivity index (χ0v) is 11.7. The number of hydrogen-bond acceptors (Lipinski definition) is 3. The number of carbonyl (C=O) groups excluding carboxylic acids is 1. The summed E-state index contributed by atoms with van der Waals surface area (Å²) in [6, 6.07) is 11.6. The van der Waals surface area contributed by atoms with E-state index >= 15 is 0 Å². The molecule has 5 heteroatoms. The summed E-state index contributed by atoms with van der Waals surface area (Å²) >= 11 is 0. The maximum atomic E-state index is 13.6. The van der Waals surface area contributed by atoms with Crippen LogP contribution in [-0.4, -0.2) is 12.5 Å². The SMILES string of the molecule is Cc1ccc(NC(=O)CCOc2cccc(N)c2)c(F)c1. The lowest BCUT2D eigenvalue weighted by Gasteiger charge is -2.08. The van der Waals surface area contributed by atoms with E-state index in [0.29, 0.717) is 11.4 Å². The van der Waals surface area contributed by atoms with Crippen LogP contribution in [0, 0.1) is 12.7 Å². The van der Waals surface area contributed by atoms with Crippen molar-refractivity contribution in [2.75, 3.05) is 17.7 Å². The van der Waals surface area contributed by atoms with Crippen LogP contribution in [0.1, 0.15) is 12.0 Å². The average molecular weight is 288 g/mol. The van der Waals surface area contributed by atoms with Gasteiger partial charge in [-0.2, -0.15) is 0 Å². The van der Waals surface area contributed by atoms with Gasteiger partial charge in [0, 0.05) is 11.8 Å². The first-order chi connectivity index (χ1) is 10.0. The molecule has 110 valence electrons. The van der Waals surface area contributed by atoms with Crippen LogP contribution in [-0.2, 0) is 4.79 Å². The third kappa shape index (κ3) is 4.49. The van der Waals surface area contributed by atoms with Crippen molar-refractivity contribution in [3.63, 3.8) is 0 Å². The van der Waals surface area contributed by atoms with Crippen molar-refractivity contribution in [2.45, 2.75) is 13.3 Å². The summed E-state index contributed by atoms with van der Waals surface area (Å²) in [5.41, 5.74) is 7.19. The molecule has 0 saturated carbocycles.